The minimum absolute atomic E-state index is 0.628. The van der Waals surface area contributed by atoms with Gasteiger partial charge in [-0.25, -0.2) is 0 Å². The summed E-state index contributed by atoms with van der Waals surface area (Å²) in [6.45, 7) is 0. The van der Waals surface area contributed by atoms with Crippen LogP contribution in [0.5, 0.6) is 0 Å². The lowest BCUT2D eigenvalue weighted by Gasteiger charge is -2.15. The molecule has 4 heterocycles. The summed E-state index contributed by atoms with van der Waals surface area (Å²) in [6, 6.07) is 39.1. The number of nitriles is 1. The summed E-state index contributed by atoms with van der Waals surface area (Å²) in [5.41, 5.74) is 6.69. The van der Waals surface area contributed by atoms with Gasteiger partial charge in [0.15, 0.2) is 0 Å². The van der Waals surface area contributed by atoms with Crippen LogP contribution in [0.1, 0.15) is 5.56 Å². The number of aromatic nitrogens is 4. The molecule has 0 unspecified atom stereocenters. The van der Waals surface area contributed by atoms with Gasteiger partial charge in [0.25, 0.3) is 0 Å². The average molecular weight is 584 g/mol. The van der Waals surface area contributed by atoms with Crippen molar-refractivity contribution in [1.82, 2.24) is 19.1 Å². The van der Waals surface area contributed by atoms with Gasteiger partial charge in [-0.1, -0.05) is 54.6 Å². The number of benzene rings is 7. The summed E-state index contributed by atoms with van der Waals surface area (Å²) in [6.07, 6.45) is 7.67. The molecule has 210 valence electrons. The van der Waals surface area contributed by atoms with Crippen LogP contribution in [0.3, 0.4) is 0 Å². The molecule has 0 saturated heterocycles. The van der Waals surface area contributed by atoms with E-state index in [2.05, 4.69) is 128 Å². The standard InChI is InChI=1S/C41H21N5/c42-20-29-32(45-34-12-1-6-25-23-16-18-43-21-30(23)27-8-3-14-36(45)40(27)38(25)34)10-5-11-33(29)46-35-13-2-7-26-24-17-19-44-22-31(24)28-9-4-15-37(46)41(28)39(26)35/h1-19,21-22H. The fourth-order valence-electron chi connectivity index (χ4n) is 8.34. The monoisotopic (exact) mass is 583 g/mol. The molecule has 4 aromatic heterocycles. The van der Waals surface area contributed by atoms with Crippen LogP contribution in [0.15, 0.2) is 128 Å². The van der Waals surface area contributed by atoms with Gasteiger partial charge < -0.3 is 9.13 Å². The molecule has 0 bridgehead atoms. The van der Waals surface area contributed by atoms with E-state index in [4.69, 9.17) is 0 Å². The van der Waals surface area contributed by atoms with E-state index >= 15 is 0 Å². The van der Waals surface area contributed by atoms with Crippen LogP contribution < -0.4 is 0 Å². The van der Waals surface area contributed by atoms with Gasteiger partial charge in [-0.15, -0.1) is 0 Å². The molecule has 11 aromatic rings. The predicted molar refractivity (Wildman–Crippen MR) is 188 cm³/mol. The van der Waals surface area contributed by atoms with Crippen LogP contribution in [-0.4, -0.2) is 19.1 Å². The third-order valence-electron chi connectivity index (χ3n) is 10.1. The minimum Gasteiger partial charge on any atom is -0.308 e. The highest BCUT2D eigenvalue weighted by Gasteiger charge is 2.24. The average Bonchev–Trinajstić information content (AvgIpc) is 3.64. The number of pyridine rings is 2. The van der Waals surface area contributed by atoms with Gasteiger partial charge in [0.05, 0.1) is 33.4 Å². The van der Waals surface area contributed by atoms with Gasteiger partial charge >= 0.3 is 0 Å². The van der Waals surface area contributed by atoms with Crippen molar-refractivity contribution < 1.29 is 0 Å². The summed E-state index contributed by atoms with van der Waals surface area (Å²) in [7, 11) is 0. The summed E-state index contributed by atoms with van der Waals surface area (Å²) < 4.78 is 4.56. The molecule has 0 radical (unpaired) electrons. The first-order valence-electron chi connectivity index (χ1n) is 15.4. The molecule has 7 aromatic carbocycles. The van der Waals surface area contributed by atoms with Gasteiger partial charge in [0.2, 0.25) is 0 Å². The van der Waals surface area contributed by atoms with Crippen molar-refractivity contribution in [1.29, 1.82) is 5.26 Å². The first-order chi connectivity index (χ1) is 22.8. The van der Waals surface area contributed by atoms with E-state index in [1.165, 1.54) is 53.9 Å². The van der Waals surface area contributed by atoms with E-state index in [1.807, 2.05) is 24.8 Å². The van der Waals surface area contributed by atoms with Crippen molar-refractivity contribution in [2.45, 2.75) is 0 Å². The molecular formula is C41H21N5. The van der Waals surface area contributed by atoms with Gasteiger partial charge in [0, 0.05) is 57.1 Å². The van der Waals surface area contributed by atoms with Crippen LogP contribution in [0.2, 0.25) is 0 Å². The number of rotatable bonds is 2. The second-order valence-electron chi connectivity index (χ2n) is 12.1. The molecule has 0 atom stereocenters. The molecule has 11 rings (SSSR count). The number of hydrogen-bond acceptors (Lipinski definition) is 3. The Labute approximate surface area is 261 Å². The topological polar surface area (TPSA) is 59.4 Å². The van der Waals surface area contributed by atoms with Gasteiger partial charge in [0.1, 0.15) is 11.6 Å². The Bertz CT molecular complexity index is 2720. The zero-order valence-corrected chi connectivity index (χ0v) is 24.4. The van der Waals surface area contributed by atoms with E-state index in [9.17, 15) is 5.26 Å². The fourth-order valence-corrected chi connectivity index (χ4v) is 8.34. The van der Waals surface area contributed by atoms with Crippen LogP contribution in [0.25, 0.3) is 98.1 Å². The Morgan fingerprint density at radius 2 is 0.783 bits per heavy atom. The molecule has 0 amide bonds. The quantitative estimate of drug-likeness (QED) is 0.190. The molecule has 0 aliphatic carbocycles. The molecule has 5 heteroatoms. The van der Waals surface area contributed by atoms with Crippen molar-refractivity contribution >= 4 is 86.7 Å². The first-order valence-corrected chi connectivity index (χ1v) is 15.4. The Balaban J connectivity index is 1.30. The van der Waals surface area contributed by atoms with Crippen LogP contribution in [0, 0.1) is 11.3 Å². The predicted octanol–water partition coefficient (Wildman–Crippen LogP) is 10.0. The van der Waals surface area contributed by atoms with Gasteiger partial charge in [-0.05, 0) is 80.8 Å². The Kier molecular flexibility index (Phi) is 4.34. The molecule has 0 saturated carbocycles. The number of hydrogen-bond donors (Lipinski definition) is 0. The van der Waals surface area contributed by atoms with Crippen molar-refractivity contribution in [3.05, 3.63) is 133 Å². The zero-order chi connectivity index (χ0) is 30.1. The highest BCUT2D eigenvalue weighted by atomic mass is 15.0. The number of fused-ring (bicyclic) bond motifs is 6. The Hall–Kier alpha value is -6.51. The summed E-state index contributed by atoms with van der Waals surface area (Å²) >= 11 is 0. The molecule has 0 aliphatic heterocycles. The maximum Gasteiger partial charge on any atom is 0.104 e. The first kappa shape index (κ1) is 23.9. The maximum atomic E-state index is 11.0. The molecular weight excluding hydrogens is 562 g/mol. The summed E-state index contributed by atoms with van der Waals surface area (Å²) in [5.74, 6) is 0. The van der Waals surface area contributed by atoms with Gasteiger partial charge in [-0.3, -0.25) is 9.97 Å². The van der Waals surface area contributed by atoms with Crippen molar-refractivity contribution in [2.24, 2.45) is 0 Å². The second kappa shape index (κ2) is 8.35. The fraction of sp³-hybridized carbons (Fsp3) is 0. The van der Waals surface area contributed by atoms with Crippen molar-refractivity contribution in [3.8, 4) is 17.4 Å². The van der Waals surface area contributed by atoms with Crippen LogP contribution >= 0.6 is 0 Å². The molecule has 5 nitrogen and oxygen atoms in total. The van der Waals surface area contributed by atoms with E-state index < -0.39 is 0 Å². The molecule has 0 aliphatic rings. The van der Waals surface area contributed by atoms with E-state index in [0.717, 1.165) is 44.2 Å². The lowest BCUT2D eigenvalue weighted by atomic mass is 9.96. The zero-order valence-electron chi connectivity index (χ0n) is 24.4. The van der Waals surface area contributed by atoms with Crippen molar-refractivity contribution in [3.63, 3.8) is 0 Å². The number of nitrogens with zero attached hydrogens (tertiary/aromatic N) is 5. The van der Waals surface area contributed by atoms with Crippen molar-refractivity contribution in [2.75, 3.05) is 0 Å². The SMILES string of the molecule is N#Cc1c(-n2c3cccc4c5ccncc5c5cccc2c5c43)cccc1-n1c2cccc3c4ccncc4c4cccc1c4c32. The normalized spacial score (nSPS) is 12.3. The Morgan fingerprint density at radius 1 is 0.413 bits per heavy atom. The minimum atomic E-state index is 0.628. The van der Waals surface area contributed by atoms with Crippen LogP contribution in [-0.2, 0) is 0 Å². The third-order valence-corrected chi connectivity index (χ3v) is 10.1. The maximum absolute atomic E-state index is 11.0. The van der Waals surface area contributed by atoms with E-state index in [0.29, 0.717) is 5.56 Å². The lowest BCUT2D eigenvalue weighted by molar-refractivity contribution is 1.12. The summed E-state index contributed by atoms with van der Waals surface area (Å²) in [4.78, 5) is 8.96. The van der Waals surface area contributed by atoms with Gasteiger partial charge in [-0.2, -0.15) is 5.26 Å². The second-order valence-corrected chi connectivity index (χ2v) is 12.1. The largest absolute Gasteiger partial charge is 0.308 e. The molecule has 0 N–H and O–H groups in total. The van der Waals surface area contributed by atoms with E-state index in [1.54, 1.807) is 0 Å². The Morgan fingerprint density at radius 3 is 1.17 bits per heavy atom. The molecule has 0 fully saturated rings. The highest BCUT2D eigenvalue weighted by molar-refractivity contribution is 6.35. The summed E-state index contributed by atoms with van der Waals surface area (Å²) in [5, 5.41) is 25.2. The van der Waals surface area contributed by atoms with Crippen LogP contribution in [0.4, 0.5) is 0 Å². The smallest absolute Gasteiger partial charge is 0.104 e. The lowest BCUT2D eigenvalue weighted by Crippen LogP contribution is -2.03. The third kappa shape index (κ3) is 2.72. The van der Waals surface area contributed by atoms with E-state index in [-0.39, 0.29) is 0 Å². The highest BCUT2D eigenvalue weighted by Crippen LogP contribution is 2.46. The molecule has 0 spiro atoms. The molecule has 46 heavy (non-hydrogen) atoms.